The summed E-state index contributed by atoms with van der Waals surface area (Å²) >= 11 is 1.46. The summed E-state index contributed by atoms with van der Waals surface area (Å²) in [5, 5.41) is 0. The van der Waals surface area contributed by atoms with Crippen LogP contribution in [0.25, 0.3) is 0 Å². The van der Waals surface area contributed by atoms with Crippen molar-refractivity contribution in [2.75, 3.05) is 5.73 Å². The number of rotatable bonds is 3. The third-order valence-corrected chi connectivity index (χ3v) is 3.42. The molecule has 0 saturated carbocycles. The lowest BCUT2D eigenvalue weighted by Crippen LogP contribution is -1.90. The van der Waals surface area contributed by atoms with Gasteiger partial charge in [-0.15, -0.1) is 11.8 Å². The van der Waals surface area contributed by atoms with Gasteiger partial charge in [0.1, 0.15) is 11.6 Å². The number of nitrogen functional groups attached to an aromatic ring is 1. The van der Waals surface area contributed by atoms with Crippen molar-refractivity contribution in [2.24, 2.45) is 0 Å². The maximum Gasteiger partial charge on any atom is 0.125 e. The minimum Gasteiger partial charge on any atom is -0.398 e. The third-order valence-electron chi connectivity index (χ3n) is 2.26. The fraction of sp³-hybridized carbons (Fsp3) is 0.0769. The van der Waals surface area contributed by atoms with Crippen molar-refractivity contribution in [3.8, 4) is 0 Å². The van der Waals surface area contributed by atoms with Gasteiger partial charge >= 0.3 is 0 Å². The molecule has 0 unspecified atom stereocenters. The molecule has 2 N–H and O–H groups in total. The molecule has 0 bridgehead atoms. The van der Waals surface area contributed by atoms with Crippen LogP contribution in [-0.2, 0) is 5.75 Å². The highest BCUT2D eigenvalue weighted by molar-refractivity contribution is 7.98. The molecule has 1 nitrogen and oxygen atoms in total. The first-order valence-electron chi connectivity index (χ1n) is 5.07. The van der Waals surface area contributed by atoms with E-state index >= 15 is 0 Å². The van der Waals surface area contributed by atoms with E-state index in [1.807, 2.05) is 6.07 Å². The Kier molecular flexibility index (Phi) is 3.64. The predicted molar refractivity (Wildman–Crippen MR) is 66.8 cm³/mol. The summed E-state index contributed by atoms with van der Waals surface area (Å²) in [6.07, 6.45) is 0. The molecule has 0 saturated heterocycles. The van der Waals surface area contributed by atoms with Crippen molar-refractivity contribution >= 4 is 17.4 Å². The molecule has 0 fully saturated rings. The topological polar surface area (TPSA) is 26.0 Å². The summed E-state index contributed by atoms with van der Waals surface area (Å²) in [6.45, 7) is 0. The second-order valence-electron chi connectivity index (χ2n) is 3.60. The molecule has 4 heteroatoms. The smallest absolute Gasteiger partial charge is 0.125 e. The van der Waals surface area contributed by atoms with E-state index in [0.717, 1.165) is 10.5 Å². The van der Waals surface area contributed by atoms with Gasteiger partial charge in [0.15, 0.2) is 0 Å². The van der Waals surface area contributed by atoms with Gasteiger partial charge < -0.3 is 5.73 Å². The first-order valence-corrected chi connectivity index (χ1v) is 6.06. The van der Waals surface area contributed by atoms with Crippen LogP contribution >= 0.6 is 11.8 Å². The summed E-state index contributed by atoms with van der Waals surface area (Å²) in [5.74, 6) is 0.000850. The van der Waals surface area contributed by atoms with Crippen LogP contribution in [0.4, 0.5) is 14.5 Å². The molecule has 0 atom stereocenters. The van der Waals surface area contributed by atoms with Gasteiger partial charge in [0, 0.05) is 16.3 Å². The van der Waals surface area contributed by atoms with Crippen LogP contribution in [0.3, 0.4) is 0 Å². The Morgan fingerprint density at radius 3 is 2.47 bits per heavy atom. The summed E-state index contributed by atoms with van der Waals surface area (Å²) in [5.41, 5.74) is 6.96. The Bertz CT molecular complexity index is 529. The monoisotopic (exact) mass is 251 g/mol. The van der Waals surface area contributed by atoms with E-state index in [1.165, 1.54) is 36.0 Å². The Labute approximate surface area is 103 Å². The molecule has 0 heterocycles. The quantitative estimate of drug-likeness (QED) is 0.662. The molecule has 0 amide bonds. The Morgan fingerprint density at radius 1 is 1.00 bits per heavy atom. The fourth-order valence-corrected chi connectivity index (χ4v) is 2.33. The minimum atomic E-state index is -0.349. The van der Waals surface area contributed by atoms with Crippen molar-refractivity contribution in [3.63, 3.8) is 0 Å². The van der Waals surface area contributed by atoms with Gasteiger partial charge in [0.2, 0.25) is 0 Å². The molecule has 17 heavy (non-hydrogen) atoms. The maximum absolute atomic E-state index is 12.9. The fourth-order valence-electron chi connectivity index (χ4n) is 1.44. The second-order valence-corrected chi connectivity index (χ2v) is 4.62. The van der Waals surface area contributed by atoms with Crippen molar-refractivity contribution < 1.29 is 8.78 Å². The van der Waals surface area contributed by atoms with E-state index in [0.29, 0.717) is 11.4 Å². The normalized spacial score (nSPS) is 10.5. The highest BCUT2D eigenvalue weighted by Gasteiger charge is 2.02. The van der Waals surface area contributed by atoms with Gasteiger partial charge in [-0.25, -0.2) is 8.78 Å². The summed E-state index contributed by atoms with van der Waals surface area (Å²) in [6, 6.07) is 10.7. The van der Waals surface area contributed by atoms with Gasteiger partial charge in [0.25, 0.3) is 0 Å². The maximum atomic E-state index is 12.9. The average molecular weight is 251 g/mol. The van der Waals surface area contributed by atoms with Gasteiger partial charge in [-0.1, -0.05) is 12.1 Å². The molecule has 0 radical (unpaired) electrons. The highest BCUT2D eigenvalue weighted by Crippen LogP contribution is 2.28. The predicted octanol–water partition coefficient (Wildman–Crippen LogP) is 3.84. The number of nitrogens with two attached hydrogens (primary N) is 1. The van der Waals surface area contributed by atoms with Crippen LogP contribution in [-0.4, -0.2) is 0 Å². The van der Waals surface area contributed by atoms with Crippen molar-refractivity contribution in [1.82, 2.24) is 0 Å². The molecular formula is C13H11F2NS. The molecule has 0 spiro atoms. The zero-order chi connectivity index (χ0) is 12.3. The summed E-state index contributed by atoms with van der Waals surface area (Å²) in [7, 11) is 0. The number of anilines is 1. The standard InChI is InChI=1S/C13H11F2NS/c14-10-3-1-2-9(6-10)8-17-13-5-4-11(15)7-12(13)16/h1-7H,8,16H2. The highest BCUT2D eigenvalue weighted by atomic mass is 32.2. The lowest BCUT2D eigenvalue weighted by molar-refractivity contribution is 0.626. The zero-order valence-corrected chi connectivity index (χ0v) is 9.81. The number of hydrogen-bond acceptors (Lipinski definition) is 2. The molecule has 2 rings (SSSR count). The van der Waals surface area contributed by atoms with Crippen molar-refractivity contribution in [3.05, 3.63) is 59.7 Å². The van der Waals surface area contributed by atoms with E-state index in [1.54, 1.807) is 12.1 Å². The number of thioether (sulfide) groups is 1. The van der Waals surface area contributed by atoms with Crippen LogP contribution in [0.1, 0.15) is 5.56 Å². The van der Waals surface area contributed by atoms with Crippen LogP contribution in [0, 0.1) is 11.6 Å². The molecule has 0 aliphatic heterocycles. The van der Waals surface area contributed by atoms with E-state index in [2.05, 4.69) is 0 Å². The van der Waals surface area contributed by atoms with Crippen LogP contribution in [0.2, 0.25) is 0 Å². The second kappa shape index (κ2) is 5.19. The molecule has 0 aliphatic rings. The average Bonchev–Trinajstić information content (AvgIpc) is 2.28. The van der Waals surface area contributed by atoms with E-state index in [4.69, 9.17) is 5.73 Å². The lowest BCUT2D eigenvalue weighted by atomic mass is 10.2. The Morgan fingerprint density at radius 2 is 1.76 bits per heavy atom. The van der Waals surface area contributed by atoms with Crippen LogP contribution in [0.15, 0.2) is 47.4 Å². The molecular weight excluding hydrogens is 240 g/mol. The SMILES string of the molecule is Nc1cc(F)ccc1SCc1cccc(F)c1. The van der Waals surface area contributed by atoms with E-state index < -0.39 is 0 Å². The number of halogens is 2. The molecule has 2 aromatic carbocycles. The minimum absolute atomic E-state index is 0.254. The van der Waals surface area contributed by atoms with Gasteiger partial charge in [-0.2, -0.15) is 0 Å². The van der Waals surface area contributed by atoms with Crippen LogP contribution < -0.4 is 5.73 Å². The number of benzene rings is 2. The Hall–Kier alpha value is -1.55. The van der Waals surface area contributed by atoms with Crippen molar-refractivity contribution in [1.29, 1.82) is 0 Å². The van der Waals surface area contributed by atoms with Crippen LogP contribution in [0.5, 0.6) is 0 Å². The third kappa shape index (κ3) is 3.20. The lowest BCUT2D eigenvalue weighted by Gasteiger charge is -2.05. The summed E-state index contributed by atoms with van der Waals surface area (Å²) < 4.78 is 25.8. The first-order chi connectivity index (χ1) is 8.15. The molecule has 2 aromatic rings. The molecule has 0 aliphatic carbocycles. The zero-order valence-electron chi connectivity index (χ0n) is 8.99. The summed E-state index contributed by atoms with van der Waals surface area (Å²) in [4.78, 5) is 0.802. The van der Waals surface area contributed by atoms with Crippen molar-refractivity contribution in [2.45, 2.75) is 10.6 Å². The van der Waals surface area contributed by atoms with E-state index in [-0.39, 0.29) is 11.6 Å². The molecule has 88 valence electrons. The van der Waals surface area contributed by atoms with Gasteiger partial charge in [-0.3, -0.25) is 0 Å². The Balaban J connectivity index is 2.07. The van der Waals surface area contributed by atoms with Gasteiger partial charge in [0.05, 0.1) is 0 Å². The van der Waals surface area contributed by atoms with Gasteiger partial charge in [-0.05, 0) is 35.9 Å². The number of hydrogen-bond donors (Lipinski definition) is 1. The molecule has 0 aromatic heterocycles. The van der Waals surface area contributed by atoms with E-state index in [9.17, 15) is 8.78 Å². The largest absolute Gasteiger partial charge is 0.398 e. The first kappa shape index (κ1) is 11.9.